The van der Waals surface area contributed by atoms with E-state index in [1.165, 1.54) is 6.92 Å². The van der Waals surface area contributed by atoms with Crippen molar-refractivity contribution >= 4 is 16.1 Å². The van der Waals surface area contributed by atoms with Gasteiger partial charge in [0.05, 0.1) is 0 Å². The summed E-state index contributed by atoms with van der Waals surface area (Å²) in [6.45, 7) is 1.47. The molecule has 1 aromatic carbocycles. The van der Waals surface area contributed by atoms with Crippen molar-refractivity contribution in [1.29, 1.82) is 0 Å². The molecule has 0 aliphatic rings. The number of hydrogen-bond acceptors (Lipinski definition) is 1. The Morgan fingerprint density at radius 1 is 1.45 bits per heavy atom. The molecule has 0 aromatic heterocycles. The van der Waals surface area contributed by atoms with Gasteiger partial charge in [-0.05, 0) is 0 Å². The third-order valence-corrected chi connectivity index (χ3v) is 1.62. The molecule has 0 saturated heterocycles. The van der Waals surface area contributed by atoms with Gasteiger partial charge in [0.2, 0.25) is 0 Å². The van der Waals surface area contributed by atoms with Gasteiger partial charge in [-0.3, -0.25) is 0 Å². The summed E-state index contributed by atoms with van der Waals surface area (Å²) in [5.74, 6) is -0.0784. The molecule has 0 spiro atoms. The van der Waals surface area contributed by atoms with Gasteiger partial charge in [-0.2, -0.15) is 0 Å². The maximum absolute atomic E-state index is 10.6. The molecule has 1 aromatic rings. The van der Waals surface area contributed by atoms with Gasteiger partial charge >= 0.3 is 73.1 Å². The molecule has 1 amide bonds. The topological polar surface area (TPSA) is 29.1 Å². The van der Waals surface area contributed by atoms with E-state index in [9.17, 15) is 4.79 Å². The van der Waals surface area contributed by atoms with Crippen molar-refractivity contribution in [2.75, 3.05) is 5.32 Å². The second-order valence-electron chi connectivity index (χ2n) is 2.14. The van der Waals surface area contributed by atoms with Gasteiger partial charge in [-0.25, -0.2) is 0 Å². The number of hydrogen-bond donors (Lipinski definition) is 1. The Bertz CT molecular complexity index is 273. The zero-order valence-corrected chi connectivity index (χ0v) is 7.09. The normalized spacial score (nSPS) is 9.36. The Morgan fingerprint density at radius 2 is 2.09 bits per heavy atom. The van der Waals surface area contributed by atoms with Gasteiger partial charge in [0.1, 0.15) is 0 Å². The van der Waals surface area contributed by atoms with Gasteiger partial charge in [0.25, 0.3) is 0 Å². The van der Waals surface area contributed by atoms with Gasteiger partial charge in [-0.15, -0.1) is 0 Å². The third kappa shape index (κ3) is 2.36. The van der Waals surface area contributed by atoms with E-state index in [0.29, 0.717) is 0 Å². The average molecular weight is 193 g/mol. The molecule has 3 heteroatoms. The van der Waals surface area contributed by atoms with Crippen LogP contribution in [-0.2, 0) is 20.5 Å². The molecule has 0 saturated carbocycles. The zero-order valence-electron chi connectivity index (χ0n) is 6.05. The second kappa shape index (κ2) is 3.55. The van der Waals surface area contributed by atoms with Crippen LogP contribution in [0.25, 0.3) is 0 Å². The van der Waals surface area contributed by atoms with E-state index in [2.05, 4.69) is 21.1 Å². The first-order valence-corrected chi connectivity index (χ1v) is 3.72. The van der Waals surface area contributed by atoms with E-state index in [4.69, 9.17) is 0 Å². The molecule has 0 unspecified atom stereocenters. The van der Waals surface area contributed by atoms with Crippen molar-refractivity contribution in [3.63, 3.8) is 0 Å². The van der Waals surface area contributed by atoms with E-state index < -0.39 is 0 Å². The Morgan fingerprint density at radius 3 is 2.64 bits per heavy atom. The van der Waals surface area contributed by atoms with Crippen LogP contribution in [0.15, 0.2) is 24.3 Å². The summed E-state index contributed by atoms with van der Waals surface area (Å²) in [6, 6.07) is 7.35. The van der Waals surface area contributed by atoms with E-state index in [0.717, 1.165) is 10.2 Å². The molecule has 0 atom stereocenters. The van der Waals surface area contributed by atoms with Crippen LogP contribution in [0.5, 0.6) is 0 Å². The molecular formula is C8H8CoNO. The Hall–Kier alpha value is -0.804. The molecule has 0 aliphatic heterocycles. The summed E-state index contributed by atoms with van der Waals surface area (Å²) in [7, 11) is 0. The van der Waals surface area contributed by atoms with Crippen LogP contribution in [0.2, 0.25) is 0 Å². The number of carbonyl (C=O) groups excluding carboxylic acids is 1. The monoisotopic (exact) mass is 193 g/mol. The fourth-order valence-corrected chi connectivity index (χ4v) is 0.993. The van der Waals surface area contributed by atoms with Crippen molar-refractivity contribution in [3.8, 4) is 0 Å². The second-order valence-corrected chi connectivity index (χ2v) is 2.70. The molecule has 0 fully saturated rings. The average Bonchev–Trinajstić information content (AvgIpc) is 1.93. The maximum atomic E-state index is 10.6. The van der Waals surface area contributed by atoms with E-state index >= 15 is 0 Å². The number of nitrogens with one attached hydrogen (secondary N) is 1. The van der Waals surface area contributed by atoms with Crippen molar-refractivity contribution in [3.05, 3.63) is 24.3 Å². The molecule has 1 N–H and O–H groups in total. The van der Waals surface area contributed by atoms with Crippen LogP contribution in [0.1, 0.15) is 6.92 Å². The Balaban J connectivity index is 2.86. The molecule has 0 bridgehead atoms. The summed E-state index contributed by atoms with van der Waals surface area (Å²) >= 11 is 4.21. The fraction of sp³-hybridized carbons (Fsp3) is 0.125. The SMILES string of the molecule is CC(=O)Nc1cccc[c]1[Co]. The first-order chi connectivity index (χ1) is 5.20. The molecule has 1 rings (SSSR count). The van der Waals surface area contributed by atoms with Crippen molar-refractivity contribution < 1.29 is 20.5 Å². The molecule has 0 heterocycles. The molecule has 2 nitrogen and oxygen atoms in total. The molecular weight excluding hydrogens is 185 g/mol. The summed E-state index contributed by atoms with van der Waals surface area (Å²) in [5.41, 5.74) is 0.750. The van der Waals surface area contributed by atoms with Crippen LogP contribution in [0.4, 0.5) is 5.69 Å². The van der Waals surface area contributed by atoms with E-state index in [-0.39, 0.29) is 5.91 Å². The fourth-order valence-electron chi connectivity index (χ4n) is 0.741. The van der Waals surface area contributed by atoms with Crippen molar-refractivity contribution in [1.82, 2.24) is 0 Å². The molecule has 0 radical (unpaired) electrons. The number of carbonyl (C=O) groups is 1. The van der Waals surface area contributed by atoms with Gasteiger partial charge < -0.3 is 0 Å². The van der Waals surface area contributed by atoms with Crippen LogP contribution in [-0.4, -0.2) is 5.91 Å². The zero-order chi connectivity index (χ0) is 8.27. The van der Waals surface area contributed by atoms with Crippen molar-refractivity contribution in [2.24, 2.45) is 0 Å². The van der Waals surface area contributed by atoms with Crippen molar-refractivity contribution in [2.45, 2.75) is 6.92 Å². The predicted octanol–water partition coefficient (Wildman–Crippen LogP) is 0.817. The minimum atomic E-state index is -0.0784. The number of benzene rings is 1. The minimum absolute atomic E-state index is 0.0784. The first kappa shape index (κ1) is 8.29. The van der Waals surface area contributed by atoms with E-state index in [1.54, 1.807) is 0 Å². The summed E-state index contributed by atoms with van der Waals surface area (Å²) in [5, 5.41) is 2.66. The summed E-state index contributed by atoms with van der Waals surface area (Å²) in [4.78, 5) is 10.6. The van der Waals surface area contributed by atoms with Gasteiger partial charge in [0, 0.05) is 0 Å². The first-order valence-electron chi connectivity index (χ1n) is 3.20. The number of anilines is 1. The molecule has 60 valence electrons. The van der Waals surface area contributed by atoms with Gasteiger partial charge in [0.15, 0.2) is 0 Å². The third-order valence-electron chi connectivity index (χ3n) is 1.17. The standard InChI is InChI=1S/C8H8NO.Co/c1-7(10)9-8-5-3-2-4-6-8;/h2-5H,1H3,(H,9,10);. The van der Waals surface area contributed by atoms with Crippen LogP contribution in [0, 0.1) is 0 Å². The van der Waals surface area contributed by atoms with Crippen LogP contribution < -0.4 is 9.81 Å². The number of para-hydroxylation sites is 1. The van der Waals surface area contributed by atoms with Crippen LogP contribution in [0.3, 0.4) is 0 Å². The summed E-state index contributed by atoms with van der Waals surface area (Å²) in [6.07, 6.45) is 0. The van der Waals surface area contributed by atoms with Gasteiger partial charge in [-0.1, -0.05) is 0 Å². The Kier molecular flexibility index (Phi) is 2.68. The quantitative estimate of drug-likeness (QED) is 0.702. The van der Waals surface area contributed by atoms with E-state index in [1.807, 2.05) is 24.3 Å². The number of amides is 1. The van der Waals surface area contributed by atoms with Crippen LogP contribution >= 0.6 is 0 Å². The molecule has 11 heavy (non-hydrogen) atoms. The Labute approximate surface area is 73.6 Å². The summed E-state index contributed by atoms with van der Waals surface area (Å²) < 4.78 is 0.773. The number of rotatable bonds is 1. The molecule has 0 aliphatic carbocycles. The predicted molar refractivity (Wildman–Crippen MR) is 40.4 cm³/mol.